The number of nitrogens with one attached hydrogen (secondary N) is 1. The summed E-state index contributed by atoms with van der Waals surface area (Å²) in [6, 6.07) is 23.5. The number of carbonyl (C=O) groups is 2. The SMILES string of the molecule is CO[C@@H](Cc1ccc(OCC(=O)NC(c2ccccc2)c2ccc(Cl)cc2)cc1)C(=O)O. The highest BCUT2D eigenvalue weighted by Gasteiger charge is 2.18. The highest BCUT2D eigenvalue weighted by molar-refractivity contribution is 6.30. The molecule has 0 aromatic heterocycles. The first-order valence-electron chi connectivity index (χ1n) is 10.0. The first-order chi connectivity index (χ1) is 15.5. The second-order valence-electron chi connectivity index (χ2n) is 7.16. The van der Waals surface area contributed by atoms with Gasteiger partial charge in [0.05, 0.1) is 6.04 Å². The highest BCUT2D eigenvalue weighted by atomic mass is 35.5. The highest BCUT2D eigenvalue weighted by Crippen LogP contribution is 2.23. The Balaban J connectivity index is 1.62. The fourth-order valence-electron chi connectivity index (χ4n) is 3.22. The summed E-state index contributed by atoms with van der Waals surface area (Å²) in [4.78, 5) is 23.7. The molecule has 0 aliphatic carbocycles. The molecule has 3 aromatic carbocycles. The van der Waals surface area contributed by atoms with Gasteiger partial charge in [-0.1, -0.05) is 66.2 Å². The lowest BCUT2D eigenvalue weighted by Gasteiger charge is -2.20. The van der Waals surface area contributed by atoms with E-state index >= 15 is 0 Å². The quantitative estimate of drug-likeness (QED) is 0.479. The molecule has 3 rings (SSSR count). The van der Waals surface area contributed by atoms with Crippen molar-refractivity contribution in [1.29, 1.82) is 0 Å². The molecule has 32 heavy (non-hydrogen) atoms. The predicted molar refractivity (Wildman–Crippen MR) is 122 cm³/mol. The molecule has 2 atom stereocenters. The van der Waals surface area contributed by atoms with E-state index < -0.39 is 12.1 Å². The van der Waals surface area contributed by atoms with Gasteiger partial charge in [-0.05, 0) is 41.0 Å². The van der Waals surface area contributed by atoms with Crippen LogP contribution in [0.1, 0.15) is 22.7 Å². The number of rotatable bonds is 10. The number of ether oxygens (including phenoxy) is 2. The number of halogens is 1. The summed E-state index contributed by atoms with van der Waals surface area (Å²) < 4.78 is 10.6. The zero-order chi connectivity index (χ0) is 22.9. The number of methoxy groups -OCH3 is 1. The van der Waals surface area contributed by atoms with Crippen molar-refractivity contribution in [1.82, 2.24) is 5.32 Å². The number of hydrogen-bond donors (Lipinski definition) is 2. The molecule has 0 aliphatic rings. The van der Waals surface area contributed by atoms with Gasteiger partial charge in [-0.2, -0.15) is 0 Å². The third kappa shape index (κ3) is 6.57. The van der Waals surface area contributed by atoms with E-state index in [1.807, 2.05) is 42.5 Å². The topological polar surface area (TPSA) is 84.9 Å². The van der Waals surface area contributed by atoms with E-state index in [1.165, 1.54) is 7.11 Å². The third-order valence-corrected chi connectivity index (χ3v) is 5.17. The molecule has 1 unspecified atom stereocenters. The van der Waals surface area contributed by atoms with Crippen molar-refractivity contribution in [3.8, 4) is 5.75 Å². The summed E-state index contributed by atoms with van der Waals surface area (Å²) in [6.45, 7) is -0.161. The molecule has 166 valence electrons. The van der Waals surface area contributed by atoms with E-state index in [0.29, 0.717) is 10.8 Å². The fraction of sp³-hybridized carbons (Fsp3) is 0.200. The number of carbonyl (C=O) groups excluding carboxylic acids is 1. The Labute approximate surface area is 191 Å². The molecule has 1 amide bonds. The van der Waals surface area contributed by atoms with Crippen LogP contribution in [0.15, 0.2) is 78.9 Å². The third-order valence-electron chi connectivity index (χ3n) is 4.92. The summed E-state index contributed by atoms with van der Waals surface area (Å²) >= 11 is 6.00. The van der Waals surface area contributed by atoms with Gasteiger partial charge >= 0.3 is 5.97 Å². The average molecular weight is 454 g/mol. The molecule has 0 bridgehead atoms. The average Bonchev–Trinajstić information content (AvgIpc) is 2.81. The van der Waals surface area contributed by atoms with Gasteiger partial charge < -0.3 is 19.9 Å². The van der Waals surface area contributed by atoms with Crippen molar-refractivity contribution >= 4 is 23.5 Å². The minimum Gasteiger partial charge on any atom is -0.484 e. The fourth-order valence-corrected chi connectivity index (χ4v) is 3.34. The van der Waals surface area contributed by atoms with Crippen molar-refractivity contribution in [2.75, 3.05) is 13.7 Å². The van der Waals surface area contributed by atoms with E-state index in [-0.39, 0.29) is 25.0 Å². The number of amides is 1. The molecule has 2 N–H and O–H groups in total. The number of benzene rings is 3. The van der Waals surface area contributed by atoms with Crippen LogP contribution in [0.3, 0.4) is 0 Å². The minimum atomic E-state index is -1.02. The van der Waals surface area contributed by atoms with Gasteiger partial charge in [0.2, 0.25) is 0 Å². The minimum absolute atomic E-state index is 0.161. The van der Waals surface area contributed by atoms with E-state index in [4.69, 9.17) is 26.2 Å². The van der Waals surface area contributed by atoms with Crippen LogP contribution in [-0.4, -0.2) is 36.8 Å². The van der Waals surface area contributed by atoms with Crippen molar-refractivity contribution in [2.45, 2.75) is 18.6 Å². The van der Waals surface area contributed by atoms with Crippen molar-refractivity contribution < 1.29 is 24.2 Å². The van der Waals surface area contributed by atoms with Gasteiger partial charge in [-0.25, -0.2) is 4.79 Å². The molecule has 0 saturated heterocycles. The molecule has 6 nitrogen and oxygen atoms in total. The Kier molecular flexibility index (Phi) is 8.25. The summed E-state index contributed by atoms with van der Waals surface area (Å²) in [7, 11) is 1.36. The van der Waals surface area contributed by atoms with Crippen LogP contribution in [0, 0.1) is 0 Å². The predicted octanol–water partition coefficient (Wildman–Crippen LogP) is 4.27. The molecule has 7 heteroatoms. The Morgan fingerprint density at radius 2 is 1.56 bits per heavy atom. The molecule has 0 aliphatic heterocycles. The Morgan fingerprint density at radius 3 is 2.16 bits per heavy atom. The maximum Gasteiger partial charge on any atom is 0.333 e. The smallest absolute Gasteiger partial charge is 0.333 e. The summed E-state index contributed by atoms with van der Waals surface area (Å²) in [6.07, 6.45) is -0.665. The molecule has 0 saturated carbocycles. The summed E-state index contributed by atoms with van der Waals surface area (Å²) in [5.74, 6) is -0.780. The van der Waals surface area contributed by atoms with Crippen LogP contribution in [0.25, 0.3) is 0 Å². The van der Waals surface area contributed by atoms with Crippen molar-refractivity contribution in [3.63, 3.8) is 0 Å². The van der Waals surface area contributed by atoms with E-state index in [9.17, 15) is 9.59 Å². The largest absolute Gasteiger partial charge is 0.484 e. The standard InChI is InChI=1S/C25H24ClNO5/c1-31-22(25(29)30)15-17-7-13-21(14-8-17)32-16-23(28)27-24(18-5-3-2-4-6-18)19-9-11-20(26)12-10-19/h2-14,22,24H,15-16H2,1H3,(H,27,28)(H,29,30)/t22-,24?/m0/s1. The summed E-state index contributed by atoms with van der Waals surface area (Å²) in [5, 5.41) is 12.7. The Morgan fingerprint density at radius 1 is 0.938 bits per heavy atom. The maximum absolute atomic E-state index is 12.6. The molecular weight excluding hydrogens is 430 g/mol. The van der Waals surface area contributed by atoms with Gasteiger partial charge in [0.15, 0.2) is 12.7 Å². The van der Waals surface area contributed by atoms with E-state index in [0.717, 1.165) is 16.7 Å². The number of aliphatic carboxylic acids is 1. The van der Waals surface area contributed by atoms with E-state index in [1.54, 1.807) is 36.4 Å². The van der Waals surface area contributed by atoms with Crippen LogP contribution in [-0.2, 0) is 20.7 Å². The van der Waals surface area contributed by atoms with Gasteiger partial charge in [0.1, 0.15) is 5.75 Å². The van der Waals surface area contributed by atoms with E-state index in [2.05, 4.69) is 5.32 Å². The number of carboxylic acids is 1. The lowest BCUT2D eigenvalue weighted by Crippen LogP contribution is -2.33. The Bertz CT molecular complexity index is 1020. The number of hydrogen-bond acceptors (Lipinski definition) is 4. The van der Waals surface area contributed by atoms with Crippen LogP contribution >= 0.6 is 11.6 Å². The van der Waals surface area contributed by atoms with Gasteiger partial charge in [-0.15, -0.1) is 0 Å². The van der Waals surface area contributed by atoms with Gasteiger partial charge in [0, 0.05) is 18.6 Å². The van der Waals surface area contributed by atoms with Crippen molar-refractivity contribution in [2.24, 2.45) is 0 Å². The van der Waals surface area contributed by atoms with Crippen LogP contribution in [0.5, 0.6) is 5.75 Å². The first kappa shape index (κ1) is 23.3. The molecule has 0 heterocycles. The molecular formula is C25H24ClNO5. The van der Waals surface area contributed by atoms with Crippen LogP contribution in [0.4, 0.5) is 0 Å². The van der Waals surface area contributed by atoms with Crippen molar-refractivity contribution in [3.05, 3.63) is 101 Å². The summed E-state index contributed by atoms with van der Waals surface area (Å²) in [5.41, 5.74) is 2.64. The van der Waals surface area contributed by atoms with Crippen LogP contribution in [0.2, 0.25) is 5.02 Å². The van der Waals surface area contributed by atoms with Gasteiger partial charge in [-0.3, -0.25) is 4.79 Å². The molecule has 0 fully saturated rings. The van der Waals surface area contributed by atoms with Crippen LogP contribution < -0.4 is 10.1 Å². The van der Waals surface area contributed by atoms with Gasteiger partial charge in [0.25, 0.3) is 5.91 Å². The first-order valence-corrected chi connectivity index (χ1v) is 10.4. The lowest BCUT2D eigenvalue weighted by atomic mass is 9.99. The molecule has 0 spiro atoms. The second kappa shape index (κ2) is 11.3. The molecule has 0 radical (unpaired) electrons. The zero-order valence-corrected chi connectivity index (χ0v) is 18.3. The zero-order valence-electron chi connectivity index (χ0n) is 17.5. The second-order valence-corrected chi connectivity index (χ2v) is 7.60. The lowest BCUT2D eigenvalue weighted by molar-refractivity contribution is -0.148. The normalized spacial score (nSPS) is 12.6. The monoisotopic (exact) mass is 453 g/mol. The number of carboxylic acid groups (broad SMARTS) is 1. The maximum atomic E-state index is 12.6. The molecule has 3 aromatic rings. The Hall–Kier alpha value is -3.35.